The van der Waals surface area contributed by atoms with Gasteiger partial charge in [-0.1, -0.05) is 6.07 Å². The van der Waals surface area contributed by atoms with Crippen LogP contribution in [0.2, 0.25) is 0 Å². The van der Waals surface area contributed by atoms with Gasteiger partial charge in [-0.25, -0.2) is 0 Å². The van der Waals surface area contributed by atoms with Crippen LogP contribution >= 0.6 is 0 Å². The highest BCUT2D eigenvalue weighted by atomic mass is 16.5. The lowest BCUT2D eigenvalue weighted by Crippen LogP contribution is -2.40. The Morgan fingerprint density at radius 3 is 3.00 bits per heavy atom. The molecular weight excluding hydrogens is 166 g/mol. The minimum absolute atomic E-state index is 0.119. The van der Waals surface area contributed by atoms with E-state index in [1.54, 1.807) is 12.1 Å². The summed E-state index contributed by atoms with van der Waals surface area (Å²) in [5.74, 6) is 0.963. The number of fused-ring (bicyclic) bond motifs is 1. The molecule has 13 heavy (non-hydrogen) atoms. The van der Waals surface area contributed by atoms with Crippen molar-refractivity contribution >= 4 is 5.69 Å². The maximum atomic E-state index is 9.55. The minimum Gasteiger partial charge on any atom is -0.506 e. The Balaban J connectivity index is 2.44. The van der Waals surface area contributed by atoms with E-state index in [0.29, 0.717) is 12.3 Å². The number of benzene rings is 1. The third kappa shape index (κ3) is 1.41. The first-order valence-electron chi connectivity index (χ1n) is 4.31. The van der Waals surface area contributed by atoms with E-state index in [9.17, 15) is 5.11 Å². The van der Waals surface area contributed by atoms with Gasteiger partial charge in [0.05, 0.1) is 5.54 Å². The predicted molar refractivity (Wildman–Crippen MR) is 51.3 cm³/mol. The first kappa shape index (κ1) is 8.23. The SMILES string of the molecule is CC1(C)COc2cccc(O)c2N1. The van der Waals surface area contributed by atoms with E-state index in [2.05, 4.69) is 5.32 Å². The Morgan fingerprint density at radius 1 is 1.46 bits per heavy atom. The molecule has 0 spiro atoms. The molecule has 1 aromatic rings. The van der Waals surface area contributed by atoms with E-state index in [0.717, 1.165) is 5.75 Å². The average molecular weight is 179 g/mol. The Bertz CT molecular complexity index is 334. The summed E-state index contributed by atoms with van der Waals surface area (Å²) in [4.78, 5) is 0. The molecule has 1 aliphatic rings. The molecule has 2 N–H and O–H groups in total. The van der Waals surface area contributed by atoms with Gasteiger partial charge in [0, 0.05) is 0 Å². The van der Waals surface area contributed by atoms with Gasteiger partial charge in [0.25, 0.3) is 0 Å². The maximum absolute atomic E-state index is 9.55. The number of phenolic OH excluding ortho intramolecular Hbond substituents is 1. The van der Waals surface area contributed by atoms with Crippen molar-refractivity contribution in [2.24, 2.45) is 0 Å². The Kier molecular flexibility index (Phi) is 1.62. The molecule has 0 bridgehead atoms. The van der Waals surface area contributed by atoms with Crippen LogP contribution in [0.15, 0.2) is 18.2 Å². The third-order valence-electron chi connectivity index (χ3n) is 2.06. The summed E-state index contributed by atoms with van der Waals surface area (Å²) in [6, 6.07) is 5.27. The number of hydrogen-bond acceptors (Lipinski definition) is 3. The lowest BCUT2D eigenvalue weighted by molar-refractivity contribution is 0.240. The van der Waals surface area contributed by atoms with Crippen LogP contribution in [0.4, 0.5) is 5.69 Å². The number of rotatable bonds is 0. The molecule has 3 nitrogen and oxygen atoms in total. The van der Waals surface area contributed by atoms with Crippen LogP contribution < -0.4 is 10.1 Å². The topological polar surface area (TPSA) is 41.5 Å². The van der Waals surface area contributed by atoms with Gasteiger partial charge in [-0.3, -0.25) is 0 Å². The Labute approximate surface area is 77.3 Å². The highest BCUT2D eigenvalue weighted by Gasteiger charge is 2.26. The van der Waals surface area contributed by atoms with Crippen molar-refractivity contribution in [1.29, 1.82) is 0 Å². The van der Waals surface area contributed by atoms with Crippen LogP contribution in [0.5, 0.6) is 11.5 Å². The molecule has 0 saturated carbocycles. The zero-order valence-electron chi connectivity index (χ0n) is 7.79. The van der Waals surface area contributed by atoms with Gasteiger partial charge < -0.3 is 15.2 Å². The Morgan fingerprint density at radius 2 is 2.23 bits per heavy atom. The molecule has 1 aromatic carbocycles. The van der Waals surface area contributed by atoms with Gasteiger partial charge in [-0.2, -0.15) is 0 Å². The summed E-state index contributed by atoms with van der Waals surface area (Å²) in [6.07, 6.45) is 0. The van der Waals surface area contributed by atoms with E-state index >= 15 is 0 Å². The fourth-order valence-electron chi connectivity index (χ4n) is 1.40. The van der Waals surface area contributed by atoms with E-state index < -0.39 is 0 Å². The predicted octanol–water partition coefficient (Wildman–Crippen LogP) is 1.98. The molecule has 0 saturated heterocycles. The van der Waals surface area contributed by atoms with Crippen molar-refractivity contribution in [2.45, 2.75) is 19.4 Å². The van der Waals surface area contributed by atoms with Gasteiger partial charge in [0.2, 0.25) is 0 Å². The first-order chi connectivity index (χ1) is 6.08. The van der Waals surface area contributed by atoms with Crippen LogP contribution in [-0.4, -0.2) is 17.3 Å². The van der Waals surface area contributed by atoms with Gasteiger partial charge in [-0.15, -0.1) is 0 Å². The van der Waals surface area contributed by atoms with E-state index in [1.807, 2.05) is 19.9 Å². The number of hydrogen-bond donors (Lipinski definition) is 2. The molecular formula is C10H13NO2. The number of para-hydroxylation sites is 1. The number of phenols is 1. The van der Waals surface area contributed by atoms with Crippen LogP contribution in [0.3, 0.4) is 0 Å². The normalized spacial score (nSPS) is 18.3. The summed E-state index contributed by atoms with van der Waals surface area (Å²) in [6.45, 7) is 4.67. The fraction of sp³-hybridized carbons (Fsp3) is 0.400. The highest BCUT2D eigenvalue weighted by Crippen LogP contribution is 2.38. The van der Waals surface area contributed by atoms with E-state index in [1.165, 1.54) is 0 Å². The van der Waals surface area contributed by atoms with Crippen molar-refractivity contribution in [3.05, 3.63) is 18.2 Å². The molecule has 1 aliphatic heterocycles. The molecule has 0 aliphatic carbocycles. The number of ether oxygens (including phenoxy) is 1. The minimum atomic E-state index is -0.119. The third-order valence-corrected chi connectivity index (χ3v) is 2.06. The summed E-state index contributed by atoms with van der Waals surface area (Å²) in [5.41, 5.74) is 0.574. The van der Waals surface area contributed by atoms with Crippen LogP contribution in [0, 0.1) is 0 Å². The van der Waals surface area contributed by atoms with E-state index in [4.69, 9.17) is 4.74 Å². The van der Waals surface area contributed by atoms with Gasteiger partial charge >= 0.3 is 0 Å². The quantitative estimate of drug-likeness (QED) is 0.598. The van der Waals surface area contributed by atoms with Crippen LogP contribution in [0.1, 0.15) is 13.8 Å². The molecule has 0 atom stereocenters. The zero-order chi connectivity index (χ0) is 9.47. The largest absolute Gasteiger partial charge is 0.506 e. The maximum Gasteiger partial charge on any atom is 0.146 e. The summed E-state index contributed by atoms with van der Waals surface area (Å²) in [7, 11) is 0. The fourth-order valence-corrected chi connectivity index (χ4v) is 1.40. The standard InChI is InChI=1S/C10H13NO2/c1-10(2)6-13-8-5-3-4-7(12)9(8)11-10/h3-5,11-12H,6H2,1-2H3. The van der Waals surface area contributed by atoms with Crippen molar-refractivity contribution in [1.82, 2.24) is 0 Å². The number of nitrogens with one attached hydrogen (secondary N) is 1. The van der Waals surface area contributed by atoms with Crippen molar-refractivity contribution in [2.75, 3.05) is 11.9 Å². The van der Waals surface area contributed by atoms with Crippen molar-refractivity contribution in [3.8, 4) is 11.5 Å². The molecule has 0 unspecified atom stereocenters. The summed E-state index contributed by atoms with van der Waals surface area (Å²) >= 11 is 0. The summed E-state index contributed by atoms with van der Waals surface area (Å²) < 4.78 is 5.50. The highest BCUT2D eigenvalue weighted by molar-refractivity contribution is 5.67. The second kappa shape index (κ2) is 2.55. The number of aromatic hydroxyl groups is 1. The average Bonchev–Trinajstić information content (AvgIpc) is 2.06. The lowest BCUT2D eigenvalue weighted by Gasteiger charge is -2.33. The molecule has 1 heterocycles. The molecule has 0 fully saturated rings. The second-order valence-electron chi connectivity index (χ2n) is 3.95. The van der Waals surface area contributed by atoms with Crippen LogP contribution in [-0.2, 0) is 0 Å². The first-order valence-corrected chi connectivity index (χ1v) is 4.31. The van der Waals surface area contributed by atoms with Gasteiger partial charge in [0.1, 0.15) is 23.8 Å². The van der Waals surface area contributed by atoms with Crippen LogP contribution in [0.25, 0.3) is 0 Å². The molecule has 0 radical (unpaired) electrons. The smallest absolute Gasteiger partial charge is 0.146 e. The number of anilines is 1. The monoisotopic (exact) mass is 179 g/mol. The molecule has 3 heteroatoms. The molecule has 0 aromatic heterocycles. The molecule has 70 valence electrons. The zero-order valence-corrected chi connectivity index (χ0v) is 7.79. The van der Waals surface area contributed by atoms with Crippen molar-refractivity contribution < 1.29 is 9.84 Å². The van der Waals surface area contributed by atoms with Gasteiger partial charge in [-0.05, 0) is 26.0 Å². The molecule has 0 amide bonds. The van der Waals surface area contributed by atoms with Crippen molar-refractivity contribution in [3.63, 3.8) is 0 Å². The summed E-state index contributed by atoms with van der Waals surface area (Å²) in [5, 5.41) is 12.8. The Hall–Kier alpha value is -1.38. The lowest BCUT2D eigenvalue weighted by atomic mass is 10.0. The molecule has 2 rings (SSSR count). The second-order valence-corrected chi connectivity index (χ2v) is 3.95. The van der Waals surface area contributed by atoms with E-state index in [-0.39, 0.29) is 11.3 Å². The van der Waals surface area contributed by atoms with Gasteiger partial charge in [0.15, 0.2) is 0 Å².